The monoisotopic (exact) mass is 704 g/mol. The van der Waals surface area contributed by atoms with Gasteiger partial charge in [0.05, 0.1) is 38.1 Å². The molecule has 14 atom stereocenters. The smallest absolute Gasteiger partial charge is 0.347 e. The van der Waals surface area contributed by atoms with Crippen LogP contribution in [0.25, 0.3) is 0 Å². The molecule has 1 aliphatic heterocycles. The van der Waals surface area contributed by atoms with Gasteiger partial charge >= 0.3 is 35.8 Å². The van der Waals surface area contributed by atoms with Crippen molar-refractivity contribution < 1.29 is 71.8 Å². The van der Waals surface area contributed by atoms with Gasteiger partial charge in [-0.1, -0.05) is 20.8 Å². The summed E-state index contributed by atoms with van der Waals surface area (Å²) >= 11 is 0. The molecule has 5 fully saturated rings. The average Bonchev–Trinajstić information content (AvgIpc) is 3.67. The number of cyclic esters (lactones) is 1. The van der Waals surface area contributed by atoms with Gasteiger partial charge in [-0.2, -0.15) is 0 Å². The summed E-state index contributed by atoms with van der Waals surface area (Å²) < 4.78 is 40.4. The maximum atomic E-state index is 13.7. The van der Waals surface area contributed by atoms with E-state index in [1.54, 1.807) is 26.8 Å². The molecule has 2 N–H and O–H groups in total. The van der Waals surface area contributed by atoms with Gasteiger partial charge in [-0.25, -0.2) is 4.79 Å². The van der Waals surface area contributed by atoms with Crippen molar-refractivity contribution in [2.24, 2.45) is 39.9 Å². The second-order valence-electron chi connectivity index (χ2n) is 15.3. The highest BCUT2D eigenvalue weighted by molar-refractivity contribution is 5.80. The van der Waals surface area contributed by atoms with E-state index in [1.165, 1.54) is 19.5 Å². The molecular formula is C35H44O15. The van der Waals surface area contributed by atoms with E-state index in [1.807, 2.05) is 0 Å². The summed E-state index contributed by atoms with van der Waals surface area (Å²) in [5.41, 5.74) is -7.92. The van der Waals surface area contributed by atoms with Crippen LogP contribution in [-0.2, 0) is 57.2 Å². The minimum absolute atomic E-state index is 0.0832. The van der Waals surface area contributed by atoms with Crippen LogP contribution in [0.3, 0.4) is 0 Å². The molecule has 2 bridgehead atoms. The second-order valence-corrected chi connectivity index (χ2v) is 15.3. The van der Waals surface area contributed by atoms with E-state index in [0.29, 0.717) is 5.56 Å². The normalized spacial score (nSPS) is 44.5. The summed E-state index contributed by atoms with van der Waals surface area (Å²) in [6.07, 6.45) is -4.98. The first-order valence-electron chi connectivity index (χ1n) is 16.7. The number of furan rings is 1. The number of aliphatic hydroxyl groups excluding tert-OH is 1. The Morgan fingerprint density at radius 1 is 0.940 bits per heavy atom. The molecule has 15 nitrogen and oxygen atoms in total. The summed E-state index contributed by atoms with van der Waals surface area (Å²) in [6.45, 7) is 9.61. The zero-order chi connectivity index (χ0) is 36.9. The van der Waals surface area contributed by atoms with E-state index in [0.717, 1.165) is 27.9 Å². The zero-order valence-corrected chi connectivity index (χ0v) is 29.3. The fourth-order valence-electron chi connectivity index (χ4n) is 11.7. The van der Waals surface area contributed by atoms with Crippen molar-refractivity contribution >= 4 is 35.8 Å². The number of ether oxygens (including phenoxy) is 6. The molecule has 15 heteroatoms. The van der Waals surface area contributed by atoms with Gasteiger partial charge in [0, 0.05) is 67.3 Å². The van der Waals surface area contributed by atoms with Crippen molar-refractivity contribution in [3.8, 4) is 0 Å². The molecular weight excluding hydrogens is 660 g/mol. The van der Waals surface area contributed by atoms with E-state index >= 15 is 0 Å². The number of methoxy groups -OCH3 is 1. The fraction of sp³-hybridized carbons (Fsp3) is 0.714. The van der Waals surface area contributed by atoms with E-state index in [-0.39, 0.29) is 12.8 Å². The highest BCUT2D eigenvalue weighted by atomic mass is 16.6. The van der Waals surface area contributed by atoms with Crippen LogP contribution in [0.15, 0.2) is 23.0 Å². The number of hydrogen-bond donors (Lipinski definition) is 2. The third-order valence-electron chi connectivity index (χ3n) is 12.9. The van der Waals surface area contributed by atoms with Crippen molar-refractivity contribution in [1.82, 2.24) is 0 Å². The Hall–Kier alpha value is -3.98. The predicted molar refractivity (Wildman–Crippen MR) is 164 cm³/mol. The molecule has 0 radical (unpaired) electrons. The van der Waals surface area contributed by atoms with Gasteiger partial charge in [0.25, 0.3) is 0 Å². The summed E-state index contributed by atoms with van der Waals surface area (Å²) in [4.78, 5) is 78.9. The minimum atomic E-state index is -2.23. The van der Waals surface area contributed by atoms with Crippen molar-refractivity contribution in [2.75, 3.05) is 7.11 Å². The van der Waals surface area contributed by atoms with Crippen LogP contribution in [0.4, 0.5) is 0 Å². The molecule has 274 valence electrons. The molecule has 0 amide bonds. The van der Waals surface area contributed by atoms with Gasteiger partial charge in [0.1, 0.15) is 29.5 Å². The third-order valence-corrected chi connectivity index (χ3v) is 12.9. The first-order chi connectivity index (χ1) is 23.2. The van der Waals surface area contributed by atoms with Crippen LogP contribution >= 0.6 is 0 Å². The zero-order valence-electron chi connectivity index (χ0n) is 29.3. The second kappa shape index (κ2) is 11.5. The number of carbonyl (C=O) groups excluding carboxylic acids is 6. The van der Waals surface area contributed by atoms with E-state index in [9.17, 15) is 39.0 Å². The SMILES string of the molecule is COC(=O)C(OC(C)=O)C1C2(C)CC3(OC(C)=O)C(C2OC(C)=O)C(OC(C)=O)C2(O)C4CC(=O)OC(c5ccoc5)C4(C)C(O)CC2C13C. The Morgan fingerprint density at radius 2 is 1.58 bits per heavy atom. The quantitative estimate of drug-likeness (QED) is 0.307. The minimum Gasteiger partial charge on any atom is -0.472 e. The van der Waals surface area contributed by atoms with Crippen molar-refractivity contribution in [3.63, 3.8) is 0 Å². The van der Waals surface area contributed by atoms with Crippen molar-refractivity contribution in [3.05, 3.63) is 24.2 Å². The molecule has 1 aromatic rings. The standard InChI is InChI=1S/C35H44O15/c1-15(36)46-25(30(42)44-8)26-31(5)14-34(50-18(4)39)24(28(31)47-16(2)37)29(48-17(3)38)35(43)20-12-23(41)49-27(19-9-10-45-13-19)32(20,6)22(40)11-21(35)33(26,34)7/h9-10,13,20-22,24-29,40,43H,11-12,14H2,1-8H3. The molecule has 50 heavy (non-hydrogen) atoms. The highest BCUT2D eigenvalue weighted by Crippen LogP contribution is 2.82. The number of esters is 6. The summed E-state index contributed by atoms with van der Waals surface area (Å²) in [6, 6.07) is 1.58. The van der Waals surface area contributed by atoms with Crippen LogP contribution in [0, 0.1) is 39.9 Å². The molecule has 14 unspecified atom stereocenters. The van der Waals surface area contributed by atoms with Crippen LogP contribution in [0.2, 0.25) is 0 Å². The molecule has 0 aromatic carbocycles. The first-order valence-corrected chi connectivity index (χ1v) is 16.7. The van der Waals surface area contributed by atoms with Crippen LogP contribution in [0.5, 0.6) is 0 Å². The molecule has 5 aliphatic rings. The van der Waals surface area contributed by atoms with E-state index < -0.39 is 124 Å². The van der Waals surface area contributed by atoms with Gasteiger partial charge in [0.15, 0.2) is 0 Å². The van der Waals surface area contributed by atoms with E-state index in [4.69, 9.17) is 32.8 Å². The fourth-order valence-corrected chi connectivity index (χ4v) is 11.7. The predicted octanol–water partition coefficient (Wildman–Crippen LogP) is 1.95. The Kier molecular flexibility index (Phi) is 8.26. The lowest BCUT2D eigenvalue weighted by atomic mass is 9.35. The lowest BCUT2D eigenvalue weighted by Gasteiger charge is -2.73. The largest absolute Gasteiger partial charge is 0.472 e. The number of aliphatic hydroxyl groups is 2. The van der Waals surface area contributed by atoms with Crippen molar-refractivity contribution in [2.45, 2.75) is 109 Å². The van der Waals surface area contributed by atoms with Gasteiger partial charge in [0.2, 0.25) is 6.10 Å². The summed E-state index contributed by atoms with van der Waals surface area (Å²) in [5.74, 6) is -9.68. The van der Waals surface area contributed by atoms with Crippen molar-refractivity contribution in [1.29, 1.82) is 0 Å². The van der Waals surface area contributed by atoms with Gasteiger partial charge in [-0.05, 0) is 18.9 Å². The maximum Gasteiger partial charge on any atom is 0.347 e. The summed E-state index contributed by atoms with van der Waals surface area (Å²) in [7, 11) is 1.11. The van der Waals surface area contributed by atoms with Gasteiger partial charge < -0.3 is 43.1 Å². The third kappa shape index (κ3) is 4.47. The Balaban J connectivity index is 1.70. The maximum absolute atomic E-state index is 13.7. The van der Waals surface area contributed by atoms with Gasteiger partial charge in [-0.3, -0.25) is 24.0 Å². The van der Waals surface area contributed by atoms with Gasteiger partial charge in [-0.15, -0.1) is 0 Å². The first kappa shape index (κ1) is 35.8. The molecule has 1 saturated heterocycles. The Morgan fingerprint density at radius 3 is 2.12 bits per heavy atom. The van der Waals surface area contributed by atoms with E-state index in [2.05, 4.69) is 0 Å². The molecule has 4 saturated carbocycles. The average molecular weight is 705 g/mol. The van der Waals surface area contributed by atoms with Crippen LogP contribution in [0.1, 0.15) is 79.4 Å². The lowest BCUT2D eigenvalue weighted by Crippen LogP contribution is -2.83. The topological polar surface area (TPSA) is 211 Å². The number of fused-ring (bicyclic) bond motifs is 5. The molecule has 6 rings (SSSR count). The van der Waals surface area contributed by atoms with Crippen LogP contribution in [-0.4, -0.2) is 88.8 Å². The summed E-state index contributed by atoms with van der Waals surface area (Å²) in [5, 5.41) is 25.9. The van der Waals surface area contributed by atoms with Crippen LogP contribution < -0.4 is 0 Å². The molecule has 2 heterocycles. The lowest BCUT2D eigenvalue weighted by molar-refractivity contribution is -0.369. The number of hydrogen-bond acceptors (Lipinski definition) is 15. The number of rotatable bonds is 7. The molecule has 4 aliphatic carbocycles. The molecule has 1 aromatic heterocycles. The number of carbonyl (C=O) groups is 6. The Labute approximate surface area is 288 Å². The Bertz CT molecular complexity index is 1620. The molecule has 0 spiro atoms. The highest BCUT2D eigenvalue weighted by Gasteiger charge is 2.92.